The zero-order chi connectivity index (χ0) is 22.6. The Kier molecular flexibility index (Phi) is 9.53. The third kappa shape index (κ3) is 7.66. The number of carbonyl (C=O) groups is 1. The summed E-state index contributed by atoms with van der Waals surface area (Å²) in [5, 5.41) is 9.44. The van der Waals surface area contributed by atoms with Crippen LogP contribution >= 0.6 is 0 Å². The first kappa shape index (κ1) is 23.8. The molecule has 1 amide bonds. The number of hydrogen-bond acceptors (Lipinski definition) is 4. The highest BCUT2D eigenvalue weighted by molar-refractivity contribution is 5.94. The predicted molar refractivity (Wildman–Crippen MR) is 131 cm³/mol. The Morgan fingerprint density at radius 3 is 2.31 bits per heavy atom. The number of guanidine groups is 1. The molecule has 0 aromatic heterocycles. The van der Waals surface area contributed by atoms with E-state index in [0.29, 0.717) is 5.56 Å². The van der Waals surface area contributed by atoms with Crippen molar-refractivity contribution in [1.29, 1.82) is 0 Å². The molecule has 0 unspecified atom stereocenters. The maximum Gasteiger partial charge on any atom is 0.251 e. The summed E-state index contributed by atoms with van der Waals surface area (Å²) in [6.45, 7) is 8.08. The molecule has 7 nitrogen and oxygen atoms in total. The van der Waals surface area contributed by atoms with Crippen molar-refractivity contribution in [1.82, 2.24) is 25.8 Å². The molecule has 2 aromatic rings. The molecule has 1 saturated heterocycles. The number of carbonyl (C=O) groups excluding carboxylic acids is 1. The van der Waals surface area contributed by atoms with Gasteiger partial charge in [-0.1, -0.05) is 42.5 Å². The van der Waals surface area contributed by atoms with Gasteiger partial charge >= 0.3 is 0 Å². The molecule has 0 radical (unpaired) electrons. The molecule has 0 bridgehead atoms. The van der Waals surface area contributed by atoms with E-state index in [0.717, 1.165) is 70.3 Å². The largest absolute Gasteiger partial charge is 0.356 e. The van der Waals surface area contributed by atoms with Crippen molar-refractivity contribution in [3.8, 4) is 0 Å². The van der Waals surface area contributed by atoms with E-state index in [1.54, 1.807) is 14.1 Å². The fraction of sp³-hybridized carbons (Fsp3) is 0.440. The molecule has 1 aliphatic heterocycles. The summed E-state index contributed by atoms with van der Waals surface area (Å²) in [4.78, 5) is 21.1. The van der Waals surface area contributed by atoms with Gasteiger partial charge in [-0.05, 0) is 29.7 Å². The molecule has 0 atom stereocenters. The van der Waals surface area contributed by atoms with Crippen LogP contribution in [0.1, 0.15) is 21.5 Å². The van der Waals surface area contributed by atoms with Crippen molar-refractivity contribution in [3.05, 3.63) is 71.3 Å². The Morgan fingerprint density at radius 2 is 1.59 bits per heavy atom. The Morgan fingerprint density at radius 1 is 0.906 bits per heavy atom. The molecular weight excluding hydrogens is 400 g/mol. The fourth-order valence-electron chi connectivity index (χ4n) is 3.90. The van der Waals surface area contributed by atoms with Crippen LogP contribution in [0.25, 0.3) is 0 Å². The highest BCUT2D eigenvalue weighted by atomic mass is 16.1. The predicted octanol–water partition coefficient (Wildman–Crippen LogP) is 1.57. The molecule has 3 N–H and O–H groups in total. The highest BCUT2D eigenvalue weighted by Crippen LogP contribution is 2.08. The monoisotopic (exact) mass is 436 g/mol. The van der Waals surface area contributed by atoms with Crippen molar-refractivity contribution < 1.29 is 4.79 Å². The minimum absolute atomic E-state index is 0.0572. The van der Waals surface area contributed by atoms with Gasteiger partial charge in [-0.25, -0.2) is 0 Å². The van der Waals surface area contributed by atoms with Crippen LogP contribution in [0.5, 0.6) is 0 Å². The van der Waals surface area contributed by atoms with Gasteiger partial charge in [0, 0.05) is 72.0 Å². The van der Waals surface area contributed by atoms with Crippen molar-refractivity contribution in [3.63, 3.8) is 0 Å². The zero-order valence-corrected chi connectivity index (χ0v) is 19.3. The van der Waals surface area contributed by atoms with E-state index in [-0.39, 0.29) is 5.91 Å². The summed E-state index contributed by atoms with van der Waals surface area (Å²) in [5.74, 6) is 0.758. The average molecular weight is 437 g/mol. The molecule has 2 aromatic carbocycles. The van der Waals surface area contributed by atoms with E-state index in [9.17, 15) is 4.79 Å². The van der Waals surface area contributed by atoms with Crippen LogP contribution in [0.2, 0.25) is 0 Å². The quantitative estimate of drug-likeness (QED) is 0.411. The molecular formula is C25H36N6O. The number of nitrogens with one attached hydrogen (secondary N) is 3. The normalized spacial score (nSPS) is 15.4. The van der Waals surface area contributed by atoms with Crippen molar-refractivity contribution in [2.75, 3.05) is 59.9 Å². The first-order valence-corrected chi connectivity index (χ1v) is 11.4. The van der Waals surface area contributed by atoms with E-state index in [1.165, 1.54) is 5.56 Å². The first-order chi connectivity index (χ1) is 15.7. The summed E-state index contributed by atoms with van der Waals surface area (Å²) >= 11 is 0. The lowest BCUT2D eigenvalue weighted by molar-refractivity contribution is 0.0963. The lowest BCUT2D eigenvalue weighted by Gasteiger charge is -2.34. The number of benzene rings is 2. The molecule has 1 fully saturated rings. The number of nitrogens with zero attached hydrogens (tertiary/aromatic N) is 3. The third-order valence-electron chi connectivity index (χ3n) is 5.78. The Hall–Kier alpha value is -2.90. The second-order valence-corrected chi connectivity index (χ2v) is 8.06. The van der Waals surface area contributed by atoms with E-state index in [1.807, 2.05) is 24.3 Å². The first-order valence-electron chi connectivity index (χ1n) is 11.4. The second-order valence-electron chi connectivity index (χ2n) is 8.06. The average Bonchev–Trinajstić information content (AvgIpc) is 2.84. The summed E-state index contributed by atoms with van der Waals surface area (Å²) in [5.41, 5.74) is 3.21. The minimum Gasteiger partial charge on any atom is -0.356 e. The highest BCUT2D eigenvalue weighted by Gasteiger charge is 2.16. The number of rotatable bonds is 9. The summed E-state index contributed by atoms with van der Waals surface area (Å²) in [6, 6.07) is 18.4. The van der Waals surface area contributed by atoms with Crippen LogP contribution in [0.3, 0.4) is 0 Å². The third-order valence-corrected chi connectivity index (χ3v) is 5.78. The van der Waals surface area contributed by atoms with E-state index in [2.05, 4.69) is 61.1 Å². The fourth-order valence-corrected chi connectivity index (χ4v) is 3.90. The van der Waals surface area contributed by atoms with Crippen molar-refractivity contribution >= 4 is 11.9 Å². The van der Waals surface area contributed by atoms with Crippen LogP contribution in [0.4, 0.5) is 0 Å². The van der Waals surface area contributed by atoms with Crippen molar-refractivity contribution in [2.45, 2.75) is 13.0 Å². The second kappa shape index (κ2) is 12.8. The van der Waals surface area contributed by atoms with Gasteiger partial charge in [0.1, 0.15) is 0 Å². The maximum absolute atomic E-state index is 11.8. The summed E-state index contributed by atoms with van der Waals surface area (Å²) in [6.07, 6.45) is 0.828. The van der Waals surface area contributed by atoms with Gasteiger partial charge in [0.25, 0.3) is 5.91 Å². The number of piperazine rings is 1. The number of hydrogen-bond donors (Lipinski definition) is 3. The SMILES string of the molecule is CN=C(NCCc1cccc(C(=O)NC)c1)NCCN1CCN(Cc2ccccc2)CC1. The van der Waals surface area contributed by atoms with Crippen LogP contribution in [0.15, 0.2) is 59.6 Å². The van der Waals surface area contributed by atoms with Gasteiger partial charge in [-0.15, -0.1) is 0 Å². The van der Waals surface area contributed by atoms with Crippen LogP contribution in [-0.4, -0.2) is 81.6 Å². The number of aliphatic imine (C=N–C) groups is 1. The zero-order valence-electron chi connectivity index (χ0n) is 19.3. The van der Waals surface area contributed by atoms with E-state index in [4.69, 9.17) is 0 Å². The summed E-state index contributed by atoms with van der Waals surface area (Å²) < 4.78 is 0. The Bertz CT molecular complexity index is 862. The van der Waals surface area contributed by atoms with Gasteiger partial charge in [0.15, 0.2) is 5.96 Å². The Labute approximate surface area is 191 Å². The lowest BCUT2D eigenvalue weighted by Crippen LogP contribution is -2.49. The Balaban J connectivity index is 1.31. The molecule has 172 valence electrons. The topological polar surface area (TPSA) is 72.0 Å². The van der Waals surface area contributed by atoms with E-state index >= 15 is 0 Å². The molecule has 0 aliphatic carbocycles. The van der Waals surface area contributed by atoms with Crippen LogP contribution in [-0.2, 0) is 13.0 Å². The van der Waals surface area contributed by atoms with Crippen molar-refractivity contribution in [2.24, 2.45) is 4.99 Å². The molecule has 0 saturated carbocycles. The lowest BCUT2D eigenvalue weighted by atomic mass is 10.1. The molecule has 1 heterocycles. The molecule has 0 spiro atoms. The summed E-state index contributed by atoms with van der Waals surface area (Å²) in [7, 11) is 3.45. The van der Waals surface area contributed by atoms with Crippen LogP contribution < -0.4 is 16.0 Å². The van der Waals surface area contributed by atoms with Gasteiger partial charge in [-0.3, -0.25) is 19.6 Å². The van der Waals surface area contributed by atoms with Gasteiger partial charge < -0.3 is 16.0 Å². The van der Waals surface area contributed by atoms with Crippen LogP contribution in [0, 0.1) is 0 Å². The maximum atomic E-state index is 11.8. The van der Waals surface area contributed by atoms with E-state index < -0.39 is 0 Å². The van der Waals surface area contributed by atoms with Gasteiger partial charge in [0.2, 0.25) is 0 Å². The molecule has 3 rings (SSSR count). The number of amides is 1. The minimum atomic E-state index is -0.0572. The molecule has 7 heteroatoms. The van der Waals surface area contributed by atoms with Gasteiger partial charge in [0.05, 0.1) is 0 Å². The molecule has 32 heavy (non-hydrogen) atoms. The smallest absolute Gasteiger partial charge is 0.251 e. The standard InChI is InChI=1S/C25H36N6O/c1-26-24(32)23-10-6-9-21(19-23)11-12-28-25(27-2)29-13-14-30-15-17-31(18-16-30)20-22-7-4-3-5-8-22/h3-10,19H,11-18,20H2,1-2H3,(H,26,32)(H2,27,28,29). The van der Waals surface area contributed by atoms with Gasteiger partial charge in [-0.2, -0.15) is 0 Å². The molecule has 1 aliphatic rings.